The van der Waals surface area contributed by atoms with Crippen molar-refractivity contribution in [3.63, 3.8) is 0 Å². The lowest BCUT2D eigenvalue weighted by Crippen LogP contribution is -2.53. The van der Waals surface area contributed by atoms with E-state index in [2.05, 4.69) is 61.3 Å². The molecule has 0 unspecified atom stereocenters. The van der Waals surface area contributed by atoms with Gasteiger partial charge in [-0.15, -0.1) is 0 Å². The molecule has 3 fully saturated rings. The topological polar surface area (TPSA) is 226 Å². The molecule has 17 heteroatoms. The molecule has 6 aromatic rings. The number of sulfonamides is 1. The molecule has 366 valence electrons. The number of anilines is 2. The first-order valence-electron chi connectivity index (χ1n) is 24.0. The number of aromatic nitrogens is 2. The van der Waals surface area contributed by atoms with Crippen molar-refractivity contribution in [2.24, 2.45) is 11.7 Å². The minimum absolute atomic E-state index is 0.0152. The summed E-state index contributed by atoms with van der Waals surface area (Å²) < 4.78 is 36.0. The highest BCUT2D eigenvalue weighted by Crippen LogP contribution is 2.43. The van der Waals surface area contributed by atoms with Crippen molar-refractivity contribution in [2.75, 3.05) is 36.4 Å². The van der Waals surface area contributed by atoms with E-state index in [0.717, 1.165) is 67.8 Å². The number of hydrogen-bond acceptors (Lipinski definition) is 12. The molecule has 4 aromatic carbocycles. The van der Waals surface area contributed by atoms with Crippen molar-refractivity contribution in [3.05, 3.63) is 136 Å². The highest BCUT2D eigenvalue weighted by atomic mass is 32.2. The number of likely N-dealkylation sites (tertiary alicyclic amines) is 1. The predicted molar refractivity (Wildman–Crippen MR) is 269 cm³/mol. The molecule has 1 saturated carbocycles. The molecule has 2 saturated heterocycles. The van der Waals surface area contributed by atoms with Crippen molar-refractivity contribution >= 4 is 49.9 Å². The van der Waals surface area contributed by atoms with Gasteiger partial charge in [0.15, 0.2) is 0 Å². The first-order chi connectivity index (χ1) is 33.4. The van der Waals surface area contributed by atoms with Crippen LogP contribution in [0.3, 0.4) is 0 Å². The fraction of sp³-hybridized carbons (Fsp3) is 0.377. The highest BCUT2D eigenvalue weighted by molar-refractivity contribution is 7.90. The SMILES string of the molecule is CC1(O)CCC(CNc2ccc(S(=O)(=O)NC(=O)c3ccc(-c4ccc(N5CCC[C@@H]5c5ccccc5C5CCN(C(=O)C(C)(C)N)CC5)cc4)cc3Oc3cnc4[nH]ccc4c3)cc2[N+](=O)[O-])CC1. The first-order valence-corrected chi connectivity index (χ1v) is 25.5. The van der Waals surface area contributed by atoms with Crippen LogP contribution in [0.5, 0.6) is 11.5 Å². The van der Waals surface area contributed by atoms with Crippen LogP contribution in [0.15, 0.2) is 114 Å². The van der Waals surface area contributed by atoms with Crippen molar-refractivity contribution in [1.82, 2.24) is 19.6 Å². The van der Waals surface area contributed by atoms with Gasteiger partial charge in [-0.2, -0.15) is 0 Å². The van der Waals surface area contributed by atoms with Gasteiger partial charge in [0.1, 0.15) is 22.8 Å². The second kappa shape index (κ2) is 19.5. The Bertz CT molecular complexity index is 3020. The van der Waals surface area contributed by atoms with Gasteiger partial charge in [-0.3, -0.25) is 19.7 Å². The van der Waals surface area contributed by atoms with Crippen LogP contribution in [0, 0.1) is 16.0 Å². The standard InChI is InChI=1S/C53H60N8O8S/c1-52(2,54)51(63)59-27-21-36(22-28-59)42-7-4-5-8-43(42)46-9-6-26-60(46)39-13-10-35(11-14-39)37-12-16-44(48(30-37)69-40-29-38-20-25-55-49(38)57-33-40)50(62)58-70(67,68)41-15-17-45(47(31-41)61(65)66)56-32-34-18-23-53(3,64)24-19-34/h4-5,7-8,10-17,20,25,29-31,33-34,36,46,56,64H,6,9,18-19,21-24,26-28,32,54H2,1-3H3,(H,55,57)(H,58,62)/t34?,46-,53?/m1/s1. The van der Waals surface area contributed by atoms with Crippen molar-refractivity contribution in [1.29, 1.82) is 0 Å². The molecular formula is C53H60N8O8S. The Morgan fingerprint density at radius 3 is 2.36 bits per heavy atom. The zero-order valence-electron chi connectivity index (χ0n) is 39.7. The molecule has 0 bridgehead atoms. The number of pyridine rings is 1. The van der Waals surface area contributed by atoms with Crippen LogP contribution < -0.4 is 25.4 Å². The van der Waals surface area contributed by atoms with Crippen LogP contribution in [0.4, 0.5) is 17.1 Å². The summed E-state index contributed by atoms with van der Waals surface area (Å²) >= 11 is 0. The maximum atomic E-state index is 14.0. The summed E-state index contributed by atoms with van der Waals surface area (Å²) in [5, 5.41) is 26.4. The highest BCUT2D eigenvalue weighted by Gasteiger charge is 2.35. The number of rotatable bonds is 14. The lowest BCUT2D eigenvalue weighted by atomic mass is 9.80. The molecule has 0 spiro atoms. The zero-order chi connectivity index (χ0) is 49.4. The number of hydrogen-bond donors (Lipinski definition) is 5. The minimum atomic E-state index is -4.61. The number of nitro groups is 1. The molecule has 70 heavy (non-hydrogen) atoms. The van der Waals surface area contributed by atoms with Crippen LogP contribution in [0.25, 0.3) is 22.2 Å². The number of aliphatic hydroxyl groups is 1. The number of nitrogens with two attached hydrogens (primary N) is 1. The van der Waals surface area contributed by atoms with Crippen LogP contribution in [0.1, 0.15) is 106 Å². The second-order valence-corrected chi connectivity index (χ2v) is 21.6. The number of nitro benzene ring substituents is 1. The number of nitrogens with zero attached hydrogens (tertiary/aromatic N) is 4. The molecule has 2 aromatic heterocycles. The van der Waals surface area contributed by atoms with Crippen LogP contribution in [-0.4, -0.2) is 82.4 Å². The van der Waals surface area contributed by atoms with Gasteiger partial charge in [-0.1, -0.05) is 42.5 Å². The van der Waals surface area contributed by atoms with Crippen LogP contribution >= 0.6 is 0 Å². The van der Waals surface area contributed by atoms with Gasteiger partial charge in [0.25, 0.3) is 21.6 Å². The average molecular weight is 969 g/mol. The van der Waals surface area contributed by atoms with Crippen LogP contribution in [0.2, 0.25) is 0 Å². The largest absolute Gasteiger partial charge is 0.455 e. The predicted octanol–water partition coefficient (Wildman–Crippen LogP) is 9.19. The number of piperidine rings is 1. The Morgan fingerprint density at radius 2 is 1.64 bits per heavy atom. The lowest BCUT2D eigenvalue weighted by Gasteiger charge is -2.37. The third-order valence-corrected chi connectivity index (χ3v) is 15.5. The van der Waals surface area contributed by atoms with E-state index in [-0.39, 0.29) is 34.9 Å². The second-order valence-electron chi connectivity index (χ2n) is 19.9. The molecule has 1 aliphatic carbocycles. The number of aromatic amines is 1. The average Bonchev–Trinajstić information content (AvgIpc) is 4.04. The normalized spacial score (nSPS) is 20.1. The summed E-state index contributed by atoms with van der Waals surface area (Å²) in [7, 11) is -4.61. The van der Waals surface area contributed by atoms with E-state index in [1.54, 1.807) is 45.2 Å². The monoisotopic (exact) mass is 968 g/mol. The van der Waals surface area contributed by atoms with Crippen LogP contribution in [-0.2, 0) is 14.8 Å². The van der Waals surface area contributed by atoms with E-state index >= 15 is 0 Å². The number of H-pyrrole nitrogens is 1. The molecule has 3 aliphatic rings. The van der Waals surface area contributed by atoms with Crippen molar-refractivity contribution < 1.29 is 32.8 Å². The number of carbonyl (C=O) groups is 2. The first kappa shape index (κ1) is 48.2. The van der Waals surface area contributed by atoms with Gasteiger partial charge in [0.05, 0.1) is 38.8 Å². The fourth-order valence-corrected chi connectivity index (χ4v) is 11.3. The van der Waals surface area contributed by atoms with Crippen molar-refractivity contribution in [3.8, 4) is 22.6 Å². The van der Waals surface area contributed by atoms with Gasteiger partial charge in [0, 0.05) is 49.5 Å². The number of nitrogens with one attached hydrogen (secondary N) is 3. The fourth-order valence-electron chi connectivity index (χ4n) is 10.3. The van der Waals surface area contributed by atoms with Gasteiger partial charge in [-0.25, -0.2) is 18.1 Å². The van der Waals surface area contributed by atoms with E-state index in [1.165, 1.54) is 35.5 Å². The maximum absolute atomic E-state index is 14.0. The molecule has 0 radical (unpaired) electrons. The molecule has 9 rings (SSSR count). The summed E-state index contributed by atoms with van der Waals surface area (Å²) in [5.41, 5.74) is 10.0. The van der Waals surface area contributed by atoms with Gasteiger partial charge >= 0.3 is 0 Å². The van der Waals surface area contributed by atoms with E-state index in [9.17, 15) is 33.2 Å². The maximum Gasteiger partial charge on any atom is 0.293 e. The van der Waals surface area contributed by atoms with E-state index in [4.69, 9.17) is 10.5 Å². The van der Waals surface area contributed by atoms with Gasteiger partial charge in [0.2, 0.25) is 5.91 Å². The number of benzene rings is 4. The van der Waals surface area contributed by atoms with Gasteiger partial charge < -0.3 is 35.7 Å². The van der Waals surface area contributed by atoms with E-state index < -0.39 is 42.6 Å². The lowest BCUT2D eigenvalue weighted by molar-refractivity contribution is -0.384. The third-order valence-electron chi connectivity index (χ3n) is 14.2. The Hall–Kier alpha value is -6.82. The third kappa shape index (κ3) is 10.5. The summed E-state index contributed by atoms with van der Waals surface area (Å²) in [4.78, 5) is 49.8. The summed E-state index contributed by atoms with van der Waals surface area (Å²) in [6.07, 6.45) is 9.80. The Morgan fingerprint density at radius 1 is 0.929 bits per heavy atom. The summed E-state index contributed by atoms with van der Waals surface area (Å²) in [6.45, 7) is 7.99. The van der Waals surface area contributed by atoms with E-state index in [1.807, 2.05) is 23.1 Å². The smallest absolute Gasteiger partial charge is 0.293 e. The quantitative estimate of drug-likeness (QED) is 0.0509. The zero-order valence-corrected chi connectivity index (χ0v) is 40.5. The number of fused-ring (bicyclic) bond motifs is 1. The Balaban J connectivity index is 0.941. The molecule has 4 heterocycles. The number of ether oxygens (including phenoxy) is 1. The van der Waals surface area contributed by atoms with E-state index in [0.29, 0.717) is 55.4 Å². The summed E-state index contributed by atoms with van der Waals surface area (Å²) in [6, 6.07) is 29.1. The molecule has 2 amide bonds. The molecule has 16 nitrogen and oxygen atoms in total. The Kier molecular flexibility index (Phi) is 13.4. The number of carbonyl (C=O) groups excluding carboxylic acids is 2. The molecular weight excluding hydrogens is 909 g/mol. The Labute approximate surface area is 407 Å². The molecule has 2 aliphatic heterocycles. The molecule has 6 N–H and O–H groups in total. The number of amides is 2. The summed E-state index contributed by atoms with van der Waals surface area (Å²) in [5.74, 6) is -0.107. The minimum Gasteiger partial charge on any atom is -0.455 e. The molecule has 1 atom stereocenters. The van der Waals surface area contributed by atoms with Gasteiger partial charge in [-0.05, 0) is 155 Å². The van der Waals surface area contributed by atoms with Crippen molar-refractivity contribution in [2.45, 2.75) is 100 Å².